The van der Waals surface area contributed by atoms with Crippen LogP contribution >= 0.6 is 0 Å². The molecule has 0 radical (unpaired) electrons. The molecule has 0 aromatic heterocycles. The summed E-state index contributed by atoms with van der Waals surface area (Å²) in [4.78, 5) is 13.1. The Labute approximate surface area is 455 Å². The van der Waals surface area contributed by atoms with Crippen LogP contribution in [0.3, 0.4) is 0 Å². The van der Waals surface area contributed by atoms with Crippen LogP contribution in [0, 0.1) is 0 Å². The molecule has 2 fully saturated rings. The van der Waals surface area contributed by atoms with Gasteiger partial charge in [0.15, 0.2) is 12.6 Å². The lowest BCUT2D eigenvalue weighted by Crippen LogP contribution is -2.61. The predicted octanol–water partition coefficient (Wildman–Crippen LogP) is 11.3. The van der Waals surface area contributed by atoms with Crippen LogP contribution in [-0.4, -0.2) is 142 Å². The Balaban J connectivity index is 1.66. The molecule has 2 rings (SSSR count). The minimum Gasteiger partial charge on any atom is -0.457 e. The summed E-state index contributed by atoms with van der Waals surface area (Å²) < 4.78 is 34.4. The number of hydrogen-bond donors (Lipinski definition) is 7. The Hall–Kier alpha value is -1.79. The van der Waals surface area contributed by atoms with E-state index in [0.717, 1.165) is 64.2 Å². The normalized spacial score (nSPS) is 24.8. The van der Waals surface area contributed by atoms with Gasteiger partial charge in [0.25, 0.3) is 0 Å². The molecule has 0 bridgehead atoms. The first-order valence-electron chi connectivity index (χ1n) is 30.6. The molecular weight excluding hydrogens is 957 g/mol. The Morgan fingerprint density at radius 3 is 1.32 bits per heavy atom. The molecule has 440 valence electrons. The van der Waals surface area contributed by atoms with Gasteiger partial charge in [0.2, 0.25) is 0 Å². The minimum atomic E-state index is -1.71. The summed E-state index contributed by atoms with van der Waals surface area (Å²) in [5.74, 6) is -0.387. The van der Waals surface area contributed by atoms with Gasteiger partial charge in [-0.15, -0.1) is 0 Å². The zero-order valence-corrected chi connectivity index (χ0v) is 47.3. The number of unbranched alkanes of at least 4 members (excludes halogenated alkanes) is 30. The third-order valence-corrected chi connectivity index (χ3v) is 14.6. The van der Waals surface area contributed by atoms with E-state index in [1.165, 1.54) is 154 Å². The van der Waals surface area contributed by atoms with E-state index in [9.17, 15) is 40.5 Å². The van der Waals surface area contributed by atoms with Crippen molar-refractivity contribution < 1.29 is 69.0 Å². The molecule has 2 heterocycles. The van der Waals surface area contributed by atoms with Gasteiger partial charge in [0, 0.05) is 13.0 Å². The van der Waals surface area contributed by atoms with E-state index >= 15 is 0 Å². The molecule has 0 saturated carbocycles. The quantitative estimate of drug-likeness (QED) is 0.0172. The maximum Gasteiger partial charge on any atom is 0.306 e. The maximum atomic E-state index is 13.1. The third-order valence-electron chi connectivity index (χ3n) is 14.6. The van der Waals surface area contributed by atoms with Crippen LogP contribution in [0.15, 0.2) is 36.5 Å². The summed E-state index contributed by atoms with van der Waals surface area (Å²) in [6, 6.07) is 0. The highest BCUT2D eigenvalue weighted by atomic mass is 16.7. The summed E-state index contributed by atoms with van der Waals surface area (Å²) in [6.45, 7) is 3.68. The molecule has 2 aliphatic heterocycles. The lowest BCUT2D eigenvalue weighted by atomic mass is 9.98. The standard InChI is InChI=1S/C61H112O14/c1-3-5-7-9-11-13-15-17-19-20-21-22-23-24-25-26-27-28-29-31-33-35-37-39-41-43-45-70-47-50(73-53(63)44-42-40-38-36-34-32-30-18-16-14-12-10-8-6-4-2)48-71-60-59(69)57(67)55(65)52(75-60)49-72-61-58(68)56(66)54(64)51(46-62)74-61/h12,14,18,20-21,30,50-52,54-62,64-69H,3-11,13,15-17,19,22-29,31-49H2,1-2H3/b14-12-,21-20-,30-18-. The molecular formula is C61H112O14. The molecule has 0 amide bonds. The lowest BCUT2D eigenvalue weighted by molar-refractivity contribution is -0.332. The average molecular weight is 1070 g/mol. The van der Waals surface area contributed by atoms with E-state index in [1.807, 2.05) is 0 Å². The van der Waals surface area contributed by atoms with Gasteiger partial charge >= 0.3 is 5.97 Å². The van der Waals surface area contributed by atoms with Crippen LogP contribution in [0.25, 0.3) is 0 Å². The smallest absolute Gasteiger partial charge is 0.306 e. The van der Waals surface area contributed by atoms with E-state index in [-0.39, 0.29) is 25.6 Å². The van der Waals surface area contributed by atoms with E-state index in [0.29, 0.717) is 13.0 Å². The maximum absolute atomic E-state index is 13.1. The van der Waals surface area contributed by atoms with Crippen molar-refractivity contribution in [1.29, 1.82) is 0 Å². The second-order valence-electron chi connectivity index (χ2n) is 21.5. The monoisotopic (exact) mass is 1070 g/mol. The Morgan fingerprint density at radius 1 is 0.440 bits per heavy atom. The molecule has 14 nitrogen and oxygen atoms in total. The number of esters is 1. The Bertz CT molecular complexity index is 1380. The van der Waals surface area contributed by atoms with Gasteiger partial charge in [0.1, 0.15) is 54.9 Å². The van der Waals surface area contributed by atoms with Crippen molar-refractivity contribution in [3.63, 3.8) is 0 Å². The van der Waals surface area contributed by atoms with Crippen molar-refractivity contribution in [2.24, 2.45) is 0 Å². The summed E-state index contributed by atoms with van der Waals surface area (Å²) in [5, 5.41) is 72.4. The van der Waals surface area contributed by atoms with Crippen molar-refractivity contribution in [3.8, 4) is 0 Å². The number of aliphatic hydroxyl groups excluding tert-OH is 7. The first-order chi connectivity index (χ1) is 36.6. The first-order valence-corrected chi connectivity index (χ1v) is 30.6. The summed E-state index contributed by atoms with van der Waals surface area (Å²) in [7, 11) is 0. The molecule has 0 aliphatic carbocycles. The second-order valence-corrected chi connectivity index (χ2v) is 21.5. The summed E-state index contributed by atoms with van der Waals surface area (Å²) in [5.41, 5.74) is 0. The minimum absolute atomic E-state index is 0.0579. The van der Waals surface area contributed by atoms with Gasteiger partial charge in [-0.05, 0) is 70.6 Å². The van der Waals surface area contributed by atoms with Gasteiger partial charge in [0.05, 0.1) is 26.4 Å². The van der Waals surface area contributed by atoms with Crippen molar-refractivity contribution in [1.82, 2.24) is 0 Å². The number of hydrogen-bond acceptors (Lipinski definition) is 14. The van der Waals surface area contributed by atoms with Crippen LogP contribution in [-0.2, 0) is 33.2 Å². The van der Waals surface area contributed by atoms with Crippen LogP contribution in [0.5, 0.6) is 0 Å². The fraction of sp³-hybridized carbons (Fsp3) is 0.885. The van der Waals surface area contributed by atoms with Gasteiger partial charge in [-0.1, -0.05) is 204 Å². The van der Waals surface area contributed by atoms with Crippen LogP contribution < -0.4 is 0 Å². The predicted molar refractivity (Wildman–Crippen MR) is 298 cm³/mol. The highest BCUT2D eigenvalue weighted by molar-refractivity contribution is 5.69. The molecule has 7 N–H and O–H groups in total. The van der Waals surface area contributed by atoms with E-state index in [2.05, 4.69) is 50.3 Å². The summed E-state index contributed by atoms with van der Waals surface area (Å²) >= 11 is 0. The van der Waals surface area contributed by atoms with Crippen LogP contribution in [0.1, 0.15) is 245 Å². The molecule has 0 spiro atoms. The summed E-state index contributed by atoms with van der Waals surface area (Å²) in [6.07, 6.45) is 40.7. The average Bonchev–Trinajstić information content (AvgIpc) is 3.41. The van der Waals surface area contributed by atoms with E-state index < -0.39 is 80.7 Å². The third kappa shape index (κ3) is 34.7. The fourth-order valence-corrected chi connectivity index (χ4v) is 9.66. The van der Waals surface area contributed by atoms with Crippen LogP contribution in [0.2, 0.25) is 0 Å². The van der Waals surface area contributed by atoms with Gasteiger partial charge in [-0.25, -0.2) is 0 Å². The number of ether oxygens (including phenoxy) is 6. The first kappa shape index (κ1) is 69.3. The topological polar surface area (TPSA) is 214 Å². The molecule has 75 heavy (non-hydrogen) atoms. The molecule has 14 heteroatoms. The van der Waals surface area contributed by atoms with Gasteiger partial charge in [-0.2, -0.15) is 0 Å². The highest BCUT2D eigenvalue weighted by Crippen LogP contribution is 2.27. The zero-order valence-electron chi connectivity index (χ0n) is 47.3. The molecule has 0 aromatic carbocycles. The molecule has 11 atom stereocenters. The molecule has 2 aliphatic rings. The number of rotatable bonds is 50. The van der Waals surface area contributed by atoms with E-state index in [1.54, 1.807) is 0 Å². The SMILES string of the molecule is CCCCC/C=C\C/C=C\CCCCCCCC(=O)OC(COCCCCCCCCCCCCCCCC/C=C\CCCCCCCCCC)COC1OC(COC2OC(CO)C(O)C(O)C2O)C(O)C(O)C1O. The zero-order chi connectivity index (χ0) is 54.4. The molecule has 0 aromatic rings. The molecule has 2 saturated heterocycles. The Kier molecular flexibility index (Phi) is 44.5. The van der Waals surface area contributed by atoms with Crippen molar-refractivity contribution in [2.75, 3.05) is 33.0 Å². The lowest BCUT2D eigenvalue weighted by Gasteiger charge is -2.42. The van der Waals surface area contributed by atoms with Crippen molar-refractivity contribution in [3.05, 3.63) is 36.5 Å². The number of aliphatic hydroxyl groups is 7. The number of allylic oxidation sites excluding steroid dienone is 6. The van der Waals surface area contributed by atoms with E-state index in [4.69, 9.17) is 28.4 Å². The highest BCUT2D eigenvalue weighted by Gasteiger charge is 2.47. The Morgan fingerprint density at radius 2 is 0.827 bits per heavy atom. The fourth-order valence-electron chi connectivity index (χ4n) is 9.66. The van der Waals surface area contributed by atoms with Crippen LogP contribution in [0.4, 0.5) is 0 Å². The van der Waals surface area contributed by atoms with Crippen molar-refractivity contribution in [2.45, 2.75) is 313 Å². The van der Waals surface area contributed by atoms with Crippen molar-refractivity contribution >= 4 is 5.97 Å². The number of carbonyl (C=O) groups excluding carboxylic acids is 1. The van der Waals surface area contributed by atoms with Gasteiger partial charge < -0.3 is 64.2 Å². The largest absolute Gasteiger partial charge is 0.457 e. The number of carbonyl (C=O) groups is 1. The molecule has 11 unspecified atom stereocenters. The second kappa shape index (κ2) is 48.1. The van der Waals surface area contributed by atoms with Gasteiger partial charge in [-0.3, -0.25) is 4.79 Å².